The fraction of sp³-hybridized carbons (Fsp3) is 0.385. The van der Waals surface area contributed by atoms with Gasteiger partial charge >= 0.3 is 0 Å². The van der Waals surface area contributed by atoms with Gasteiger partial charge in [0.15, 0.2) is 5.78 Å². The second kappa shape index (κ2) is 5.32. The van der Waals surface area contributed by atoms with Crippen LogP contribution in [-0.4, -0.2) is 28.5 Å². The molecule has 0 N–H and O–H groups in total. The van der Waals surface area contributed by atoms with Crippen LogP contribution in [0, 0.1) is 0 Å². The Morgan fingerprint density at radius 2 is 2.06 bits per heavy atom. The van der Waals surface area contributed by atoms with E-state index < -0.39 is 0 Å². The topological polar surface area (TPSA) is 37.4 Å². The molecule has 0 aliphatic carbocycles. The van der Waals surface area contributed by atoms with E-state index in [0.717, 1.165) is 5.56 Å². The number of hydrogen-bond acceptors (Lipinski definition) is 2. The van der Waals surface area contributed by atoms with Crippen molar-refractivity contribution in [1.29, 1.82) is 0 Å². The van der Waals surface area contributed by atoms with E-state index in [4.69, 9.17) is 11.6 Å². The van der Waals surface area contributed by atoms with Gasteiger partial charge in [0.1, 0.15) is 0 Å². The van der Waals surface area contributed by atoms with Gasteiger partial charge in [-0.15, -0.1) is 11.6 Å². The van der Waals surface area contributed by atoms with Gasteiger partial charge in [0.05, 0.1) is 11.9 Å². The number of hydrogen-bond donors (Lipinski definition) is 0. The summed E-state index contributed by atoms with van der Waals surface area (Å²) < 4.78 is 0. The van der Waals surface area contributed by atoms with E-state index in [9.17, 15) is 9.59 Å². The fourth-order valence-corrected chi connectivity index (χ4v) is 2.31. The van der Waals surface area contributed by atoms with Crippen molar-refractivity contribution in [2.75, 3.05) is 5.88 Å². The fourth-order valence-electron chi connectivity index (χ4n) is 2.14. The third kappa shape index (κ3) is 2.67. The molecule has 2 rings (SSSR count). The van der Waals surface area contributed by atoms with E-state index in [0.29, 0.717) is 19.4 Å². The number of Topliss-reactive ketones (excluding diaryl/α,β-unsaturated/α-hetero) is 1. The molecule has 1 atom stereocenters. The number of halogens is 1. The number of benzene rings is 1. The van der Waals surface area contributed by atoms with Crippen molar-refractivity contribution in [3.05, 3.63) is 35.9 Å². The summed E-state index contributed by atoms with van der Waals surface area (Å²) in [5.74, 6) is -0.0470. The van der Waals surface area contributed by atoms with Gasteiger partial charge in [-0.1, -0.05) is 30.3 Å². The average molecular weight is 252 g/mol. The summed E-state index contributed by atoms with van der Waals surface area (Å²) in [7, 11) is 0. The molecule has 1 fully saturated rings. The second-order valence-corrected chi connectivity index (χ2v) is 4.43. The van der Waals surface area contributed by atoms with Gasteiger partial charge in [-0.2, -0.15) is 0 Å². The molecule has 1 aliphatic heterocycles. The predicted octanol–water partition coefficient (Wildman–Crippen LogP) is 1.99. The number of ketones is 1. The molecule has 0 aromatic heterocycles. The summed E-state index contributed by atoms with van der Waals surface area (Å²) in [5.41, 5.74) is 1.04. The van der Waals surface area contributed by atoms with E-state index in [-0.39, 0.29) is 23.6 Å². The lowest BCUT2D eigenvalue weighted by molar-refractivity contribution is -0.134. The Labute approximate surface area is 105 Å². The number of carbonyl (C=O) groups is 2. The highest BCUT2D eigenvalue weighted by Gasteiger charge is 2.34. The summed E-state index contributed by atoms with van der Waals surface area (Å²) in [6.45, 7) is 0.493. The lowest BCUT2D eigenvalue weighted by Crippen LogP contribution is -2.38. The Morgan fingerprint density at radius 1 is 1.35 bits per heavy atom. The van der Waals surface area contributed by atoms with Crippen LogP contribution in [0.25, 0.3) is 0 Å². The highest BCUT2D eigenvalue weighted by molar-refractivity contribution is 6.28. The molecule has 1 amide bonds. The highest BCUT2D eigenvalue weighted by Crippen LogP contribution is 2.22. The third-order valence-electron chi connectivity index (χ3n) is 3.03. The van der Waals surface area contributed by atoms with Crippen LogP contribution >= 0.6 is 11.6 Å². The molecule has 1 heterocycles. The van der Waals surface area contributed by atoms with Crippen molar-refractivity contribution < 1.29 is 9.59 Å². The van der Waals surface area contributed by atoms with Crippen LogP contribution in [0.4, 0.5) is 0 Å². The highest BCUT2D eigenvalue weighted by atomic mass is 35.5. The molecule has 1 aromatic rings. The lowest BCUT2D eigenvalue weighted by Gasteiger charge is -2.23. The van der Waals surface area contributed by atoms with E-state index in [1.807, 2.05) is 30.3 Å². The number of nitrogens with zero attached hydrogens (tertiary/aromatic N) is 1. The molecule has 0 saturated carbocycles. The maximum Gasteiger partial charge on any atom is 0.223 e. The van der Waals surface area contributed by atoms with Gasteiger partial charge in [0, 0.05) is 13.0 Å². The van der Waals surface area contributed by atoms with Gasteiger partial charge in [-0.05, 0) is 12.0 Å². The van der Waals surface area contributed by atoms with Crippen molar-refractivity contribution >= 4 is 23.3 Å². The summed E-state index contributed by atoms with van der Waals surface area (Å²) in [6, 6.07) is 9.35. The minimum atomic E-state index is -0.333. The maximum atomic E-state index is 11.7. The number of amides is 1. The zero-order valence-corrected chi connectivity index (χ0v) is 10.2. The van der Waals surface area contributed by atoms with E-state index in [2.05, 4.69) is 0 Å². The molecule has 0 bridgehead atoms. The minimum absolute atomic E-state index is 0.0246. The first-order valence-corrected chi connectivity index (χ1v) is 6.18. The number of alkyl halides is 1. The van der Waals surface area contributed by atoms with Crippen LogP contribution in [0.3, 0.4) is 0 Å². The molecule has 1 saturated heterocycles. The molecule has 90 valence electrons. The van der Waals surface area contributed by atoms with Gasteiger partial charge in [0.25, 0.3) is 0 Å². The molecule has 0 spiro atoms. The number of likely N-dealkylation sites (tertiary alicyclic amines) is 1. The van der Waals surface area contributed by atoms with Crippen molar-refractivity contribution in [2.45, 2.75) is 25.4 Å². The van der Waals surface area contributed by atoms with Gasteiger partial charge in [-0.3, -0.25) is 9.59 Å². The zero-order chi connectivity index (χ0) is 12.3. The standard InChI is InChI=1S/C13H14ClNO2/c14-8-12(16)11-6-7-13(17)15(11)9-10-4-2-1-3-5-10/h1-5,11H,6-9H2/t11-/m1/s1. The average Bonchev–Trinajstić information content (AvgIpc) is 2.72. The molecular weight excluding hydrogens is 238 g/mol. The van der Waals surface area contributed by atoms with Crippen molar-refractivity contribution in [3.8, 4) is 0 Å². The SMILES string of the molecule is O=C(CCl)[C@H]1CCC(=O)N1Cc1ccccc1. The lowest BCUT2D eigenvalue weighted by atomic mass is 10.1. The van der Waals surface area contributed by atoms with Crippen LogP contribution in [0.2, 0.25) is 0 Å². The molecule has 1 aromatic carbocycles. The molecule has 1 aliphatic rings. The first-order valence-electron chi connectivity index (χ1n) is 5.64. The number of rotatable bonds is 4. The molecular formula is C13H14ClNO2. The van der Waals surface area contributed by atoms with Crippen molar-refractivity contribution in [2.24, 2.45) is 0 Å². The summed E-state index contributed by atoms with van der Waals surface area (Å²) >= 11 is 5.56. The van der Waals surface area contributed by atoms with Crippen LogP contribution in [0.15, 0.2) is 30.3 Å². The first kappa shape index (κ1) is 12.1. The van der Waals surface area contributed by atoms with E-state index in [1.54, 1.807) is 4.90 Å². The van der Waals surface area contributed by atoms with E-state index in [1.165, 1.54) is 0 Å². The first-order chi connectivity index (χ1) is 8.22. The maximum absolute atomic E-state index is 11.7. The molecule has 4 heteroatoms. The Morgan fingerprint density at radius 3 is 2.71 bits per heavy atom. The number of carbonyl (C=O) groups excluding carboxylic acids is 2. The van der Waals surface area contributed by atoms with Crippen molar-refractivity contribution in [3.63, 3.8) is 0 Å². The Hall–Kier alpha value is -1.35. The Bertz CT molecular complexity index is 419. The third-order valence-corrected chi connectivity index (χ3v) is 3.29. The smallest absolute Gasteiger partial charge is 0.223 e. The normalized spacial score (nSPS) is 19.7. The van der Waals surface area contributed by atoms with E-state index >= 15 is 0 Å². The van der Waals surface area contributed by atoms with Crippen molar-refractivity contribution in [1.82, 2.24) is 4.90 Å². The molecule has 0 unspecified atom stereocenters. The van der Waals surface area contributed by atoms with Crippen LogP contribution in [0.5, 0.6) is 0 Å². The van der Waals surface area contributed by atoms with Gasteiger partial charge in [-0.25, -0.2) is 0 Å². The quantitative estimate of drug-likeness (QED) is 0.768. The van der Waals surface area contributed by atoms with Crippen LogP contribution in [-0.2, 0) is 16.1 Å². The molecule has 3 nitrogen and oxygen atoms in total. The monoisotopic (exact) mass is 251 g/mol. The summed E-state index contributed by atoms with van der Waals surface area (Å²) in [5, 5.41) is 0. The van der Waals surface area contributed by atoms with Crippen LogP contribution in [0.1, 0.15) is 18.4 Å². The van der Waals surface area contributed by atoms with Gasteiger partial charge in [0.2, 0.25) is 5.91 Å². The van der Waals surface area contributed by atoms with Crippen LogP contribution < -0.4 is 0 Å². The molecule has 17 heavy (non-hydrogen) atoms. The Kier molecular flexibility index (Phi) is 3.79. The summed E-state index contributed by atoms with van der Waals surface area (Å²) in [4.78, 5) is 25.0. The largest absolute Gasteiger partial charge is 0.328 e. The second-order valence-electron chi connectivity index (χ2n) is 4.16. The molecule has 0 radical (unpaired) electrons. The van der Waals surface area contributed by atoms with Gasteiger partial charge < -0.3 is 4.90 Å². The minimum Gasteiger partial charge on any atom is -0.328 e. The Balaban J connectivity index is 2.12. The zero-order valence-electron chi connectivity index (χ0n) is 9.43. The predicted molar refractivity (Wildman–Crippen MR) is 65.7 cm³/mol. The summed E-state index contributed by atoms with van der Waals surface area (Å²) in [6.07, 6.45) is 1.04.